The highest BCUT2D eigenvalue weighted by Crippen LogP contribution is 2.29. The van der Waals surface area contributed by atoms with E-state index in [1.165, 1.54) is 10.5 Å². The van der Waals surface area contributed by atoms with Crippen molar-refractivity contribution in [2.24, 2.45) is 0 Å². The average molecular weight is 338 g/mol. The molecule has 0 saturated carbocycles. The Balaban J connectivity index is 2.12. The third-order valence-electron chi connectivity index (χ3n) is 2.60. The van der Waals surface area contributed by atoms with Gasteiger partial charge in [0.2, 0.25) is 0 Å². The summed E-state index contributed by atoms with van der Waals surface area (Å²) < 4.78 is 0.516. The van der Waals surface area contributed by atoms with E-state index in [1.54, 1.807) is 23.9 Å². The molecule has 0 aliphatic carbocycles. The SMILES string of the molecule is Cc1cccc(SCc2ccc(Br)c([N+](=O)[O-])c2)c1. The molecule has 0 bridgehead atoms. The number of benzene rings is 2. The number of halogens is 1. The van der Waals surface area contributed by atoms with Gasteiger partial charge in [0.1, 0.15) is 0 Å². The van der Waals surface area contributed by atoms with Crippen molar-refractivity contribution < 1.29 is 4.92 Å². The molecule has 2 aromatic carbocycles. The maximum absolute atomic E-state index is 10.9. The molecule has 0 aliphatic rings. The van der Waals surface area contributed by atoms with E-state index < -0.39 is 0 Å². The number of nitro groups is 1. The molecule has 0 heterocycles. The van der Waals surface area contributed by atoms with Crippen molar-refractivity contribution in [1.29, 1.82) is 0 Å². The lowest BCUT2D eigenvalue weighted by Crippen LogP contribution is -1.91. The third kappa shape index (κ3) is 3.81. The van der Waals surface area contributed by atoms with Gasteiger partial charge in [0, 0.05) is 16.7 Å². The molecular formula is C14H12BrNO2S. The molecule has 5 heteroatoms. The summed E-state index contributed by atoms with van der Waals surface area (Å²) in [5.74, 6) is 0.720. The summed E-state index contributed by atoms with van der Waals surface area (Å²) in [6.45, 7) is 2.05. The van der Waals surface area contributed by atoms with Gasteiger partial charge in [-0.1, -0.05) is 23.8 Å². The maximum atomic E-state index is 10.9. The molecule has 2 aromatic rings. The van der Waals surface area contributed by atoms with E-state index in [-0.39, 0.29) is 10.6 Å². The Labute approximate surface area is 124 Å². The minimum absolute atomic E-state index is 0.113. The van der Waals surface area contributed by atoms with Gasteiger partial charge < -0.3 is 0 Å². The van der Waals surface area contributed by atoms with Crippen LogP contribution in [0.4, 0.5) is 5.69 Å². The van der Waals surface area contributed by atoms with Gasteiger partial charge in [-0.15, -0.1) is 11.8 Å². The van der Waals surface area contributed by atoms with Crippen LogP contribution in [-0.4, -0.2) is 4.92 Å². The number of nitrogens with zero attached hydrogens (tertiary/aromatic N) is 1. The van der Waals surface area contributed by atoms with E-state index in [9.17, 15) is 10.1 Å². The van der Waals surface area contributed by atoms with Crippen molar-refractivity contribution in [3.63, 3.8) is 0 Å². The Bertz CT molecular complexity index is 616. The summed E-state index contributed by atoms with van der Waals surface area (Å²) in [4.78, 5) is 11.7. The molecule has 0 spiro atoms. The fourth-order valence-electron chi connectivity index (χ4n) is 1.66. The van der Waals surface area contributed by atoms with Crippen LogP contribution in [0.2, 0.25) is 0 Å². The standard InChI is InChI=1S/C14H12BrNO2S/c1-10-3-2-4-12(7-10)19-9-11-5-6-13(15)14(8-11)16(17)18/h2-8H,9H2,1H3. The zero-order valence-electron chi connectivity index (χ0n) is 10.3. The molecule has 19 heavy (non-hydrogen) atoms. The third-order valence-corrected chi connectivity index (χ3v) is 4.34. The summed E-state index contributed by atoms with van der Waals surface area (Å²) >= 11 is 4.86. The predicted molar refractivity (Wildman–Crippen MR) is 81.5 cm³/mol. The Morgan fingerprint density at radius 3 is 2.74 bits per heavy atom. The molecule has 98 valence electrons. The van der Waals surface area contributed by atoms with Gasteiger partial charge in [0.15, 0.2) is 0 Å². The van der Waals surface area contributed by atoms with E-state index in [2.05, 4.69) is 35.0 Å². The minimum Gasteiger partial charge on any atom is -0.258 e. The van der Waals surface area contributed by atoms with Gasteiger partial charge in [-0.2, -0.15) is 0 Å². The fourth-order valence-corrected chi connectivity index (χ4v) is 3.01. The van der Waals surface area contributed by atoms with Crippen molar-refractivity contribution in [1.82, 2.24) is 0 Å². The number of nitro benzene ring substituents is 1. The van der Waals surface area contributed by atoms with Crippen LogP contribution in [0, 0.1) is 17.0 Å². The molecule has 0 aliphatic heterocycles. The Morgan fingerprint density at radius 1 is 1.26 bits per heavy atom. The minimum atomic E-state index is -0.370. The van der Waals surface area contributed by atoms with Crippen molar-refractivity contribution in [2.45, 2.75) is 17.6 Å². The van der Waals surface area contributed by atoms with Crippen molar-refractivity contribution >= 4 is 33.4 Å². The summed E-state index contributed by atoms with van der Waals surface area (Å²) in [6.07, 6.45) is 0. The van der Waals surface area contributed by atoms with Crippen LogP contribution in [-0.2, 0) is 5.75 Å². The zero-order valence-corrected chi connectivity index (χ0v) is 12.7. The van der Waals surface area contributed by atoms with E-state index in [1.807, 2.05) is 18.2 Å². The van der Waals surface area contributed by atoms with Gasteiger partial charge in [-0.05, 0) is 46.6 Å². The van der Waals surface area contributed by atoms with Gasteiger partial charge in [0.25, 0.3) is 5.69 Å². The number of aryl methyl sites for hydroxylation is 1. The molecule has 0 amide bonds. The lowest BCUT2D eigenvalue weighted by Gasteiger charge is -2.04. The van der Waals surface area contributed by atoms with Gasteiger partial charge in [-0.25, -0.2) is 0 Å². The number of hydrogen-bond acceptors (Lipinski definition) is 3. The number of hydrogen-bond donors (Lipinski definition) is 0. The fraction of sp³-hybridized carbons (Fsp3) is 0.143. The first kappa shape index (κ1) is 14.1. The highest BCUT2D eigenvalue weighted by atomic mass is 79.9. The van der Waals surface area contributed by atoms with Crippen molar-refractivity contribution in [3.05, 3.63) is 68.2 Å². The predicted octanol–water partition coefficient (Wildman–Crippen LogP) is 4.96. The van der Waals surface area contributed by atoms with Crippen LogP contribution < -0.4 is 0 Å². The van der Waals surface area contributed by atoms with Gasteiger partial charge in [0.05, 0.1) is 9.40 Å². The smallest absolute Gasteiger partial charge is 0.258 e. The molecule has 0 N–H and O–H groups in total. The van der Waals surface area contributed by atoms with Crippen LogP contribution in [0.3, 0.4) is 0 Å². The van der Waals surface area contributed by atoms with E-state index in [0.717, 1.165) is 11.3 Å². The topological polar surface area (TPSA) is 43.1 Å². The molecule has 0 saturated heterocycles. The molecule has 0 atom stereocenters. The van der Waals surface area contributed by atoms with E-state index in [4.69, 9.17) is 0 Å². The molecule has 0 radical (unpaired) electrons. The largest absolute Gasteiger partial charge is 0.283 e. The molecule has 0 aromatic heterocycles. The zero-order chi connectivity index (χ0) is 13.8. The van der Waals surface area contributed by atoms with E-state index in [0.29, 0.717) is 4.47 Å². The normalized spacial score (nSPS) is 10.4. The average Bonchev–Trinajstić information content (AvgIpc) is 2.37. The molecule has 0 unspecified atom stereocenters. The highest BCUT2D eigenvalue weighted by Gasteiger charge is 2.12. The lowest BCUT2D eigenvalue weighted by atomic mass is 10.2. The van der Waals surface area contributed by atoms with Crippen LogP contribution >= 0.6 is 27.7 Å². The van der Waals surface area contributed by atoms with Crippen molar-refractivity contribution in [3.8, 4) is 0 Å². The summed E-state index contributed by atoms with van der Waals surface area (Å²) in [6, 6.07) is 13.5. The van der Waals surface area contributed by atoms with Crippen LogP contribution in [0.1, 0.15) is 11.1 Å². The van der Waals surface area contributed by atoms with Crippen LogP contribution in [0.25, 0.3) is 0 Å². The summed E-state index contributed by atoms with van der Waals surface area (Å²) in [5.41, 5.74) is 2.27. The second kappa shape index (κ2) is 6.21. The lowest BCUT2D eigenvalue weighted by molar-refractivity contribution is -0.385. The van der Waals surface area contributed by atoms with Crippen LogP contribution in [0.15, 0.2) is 51.8 Å². The monoisotopic (exact) mass is 337 g/mol. The van der Waals surface area contributed by atoms with Crippen molar-refractivity contribution in [2.75, 3.05) is 0 Å². The van der Waals surface area contributed by atoms with Crippen LogP contribution in [0.5, 0.6) is 0 Å². The number of thioether (sulfide) groups is 1. The Kier molecular flexibility index (Phi) is 4.61. The first-order valence-corrected chi connectivity index (χ1v) is 7.46. The molecule has 3 nitrogen and oxygen atoms in total. The summed E-state index contributed by atoms with van der Waals surface area (Å²) in [7, 11) is 0. The second-order valence-electron chi connectivity index (χ2n) is 4.15. The number of rotatable bonds is 4. The Morgan fingerprint density at radius 2 is 2.05 bits per heavy atom. The Hall–Kier alpha value is -1.33. The molecular weight excluding hydrogens is 326 g/mol. The van der Waals surface area contributed by atoms with Gasteiger partial charge >= 0.3 is 0 Å². The first-order chi connectivity index (χ1) is 9.06. The maximum Gasteiger partial charge on any atom is 0.283 e. The quantitative estimate of drug-likeness (QED) is 0.450. The molecule has 0 fully saturated rings. The second-order valence-corrected chi connectivity index (χ2v) is 6.05. The van der Waals surface area contributed by atoms with Gasteiger partial charge in [-0.3, -0.25) is 10.1 Å². The first-order valence-electron chi connectivity index (χ1n) is 5.68. The highest BCUT2D eigenvalue weighted by molar-refractivity contribution is 9.10. The summed E-state index contributed by atoms with van der Waals surface area (Å²) in [5, 5.41) is 10.9. The molecule has 2 rings (SSSR count). The van der Waals surface area contributed by atoms with E-state index >= 15 is 0 Å².